The molecule has 0 heterocycles. The number of carboxylic acids is 1. The quantitative estimate of drug-likeness (QED) is 0.547. The van der Waals surface area contributed by atoms with Crippen molar-refractivity contribution in [2.24, 2.45) is 0 Å². The van der Waals surface area contributed by atoms with Gasteiger partial charge in [0.2, 0.25) is 0 Å². The molecule has 1 unspecified atom stereocenters. The van der Waals surface area contributed by atoms with Gasteiger partial charge in [0.05, 0.1) is 6.61 Å². The second-order valence-corrected chi connectivity index (χ2v) is 3.00. The zero-order chi connectivity index (χ0) is 11.0. The van der Waals surface area contributed by atoms with Crippen molar-refractivity contribution in [2.75, 3.05) is 13.7 Å². The van der Waals surface area contributed by atoms with E-state index in [0.717, 1.165) is 0 Å². The molecule has 0 rings (SSSR count). The van der Waals surface area contributed by atoms with Crippen LogP contribution in [0.3, 0.4) is 0 Å². The molecular formula is C9H16O5Zn. The van der Waals surface area contributed by atoms with Crippen LogP contribution in [0.2, 0.25) is 0 Å². The molecule has 0 saturated heterocycles. The molecule has 0 aliphatic carbocycles. The van der Waals surface area contributed by atoms with E-state index >= 15 is 0 Å². The first-order valence-corrected chi connectivity index (χ1v) is 4.46. The van der Waals surface area contributed by atoms with Crippen LogP contribution in [0.4, 0.5) is 0 Å². The van der Waals surface area contributed by atoms with Crippen LogP contribution in [0.25, 0.3) is 0 Å². The van der Waals surface area contributed by atoms with Gasteiger partial charge in [0.25, 0.3) is 0 Å². The second kappa shape index (κ2) is 10.1. The van der Waals surface area contributed by atoms with Crippen molar-refractivity contribution in [1.82, 2.24) is 0 Å². The summed E-state index contributed by atoms with van der Waals surface area (Å²) in [5.74, 6) is -1.28. The molecule has 6 heteroatoms. The van der Waals surface area contributed by atoms with E-state index in [4.69, 9.17) is 14.6 Å². The molecule has 0 bridgehead atoms. The predicted molar refractivity (Wildman–Crippen MR) is 48.9 cm³/mol. The zero-order valence-electron chi connectivity index (χ0n) is 9.19. The van der Waals surface area contributed by atoms with Crippen LogP contribution in [0.5, 0.6) is 0 Å². The summed E-state index contributed by atoms with van der Waals surface area (Å²) in [4.78, 5) is 21.2. The summed E-state index contributed by atoms with van der Waals surface area (Å²) in [6, 6.07) is 0. The average Bonchev–Trinajstić information content (AvgIpc) is 2.03. The van der Waals surface area contributed by atoms with Crippen LogP contribution in [0.15, 0.2) is 0 Å². The molecule has 1 N–H and O–H groups in total. The van der Waals surface area contributed by atoms with Crippen molar-refractivity contribution in [3.8, 4) is 0 Å². The summed E-state index contributed by atoms with van der Waals surface area (Å²) in [7, 11) is 1.52. The maximum atomic E-state index is 11.0. The van der Waals surface area contributed by atoms with Crippen molar-refractivity contribution in [2.45, 2.75) is 32.3 Å². The Kier molecular flexibility index (Phi) is 11.4. The predicted octanol–water partition coefficient (Wildman–Crippen LogP) is 0.817. The third-order valence-corrected chi connectivity index (χ3v) is 1.51. The number of carbonyl (C=O) groups is 2. The average molecular weight is 270 g/mol. The van der Waals surface area contributed by atoms with E-state index in [2.05, 4.69) is 0 Å². The van der Waals surface area contributed by atoms with Crippen LogP contribution in [-0.2, 0) is 38.5 Å². The van der Waals surface area contributed by atoms with E-state index in [1.54, 1.807) is 6.92 Å². The SMILES string of the molecule is COCC(C)OC(=O)CCCC(=O)O.[Zn]. The van der Waals surface area contributed by atoms with Gasteiger partial charge in [-0.25, -0.2) is 0 Å². The number of carboxylic acid groups (broad SMARTS) is 1. The van der Waals surface area contributed by atoms with Crippen molar-refractivity contribution < 1.29 is 43.6 Å². The first-order chi connectivity index (χ1) is 6.56. The number of hydrogen-bond acceptors (Lipinski definition) is 4. The number of hydrogen-bond donors (Lipinski definition) is 1. The molecule has 0 radical (unpaired) electrons. The molecule has 0 spiro atoms. The Morgan fingerprint density at radius 1 is 1.33 bits per heavy atom. The Balaban J connectivity index is 0. The normalized spacial score (nSPS) is 11.3. The van der Waals surface area contributed by atoms with Gasteiger partial charge in [-0.15, -0.1) is 0 Å². The topological polar surface area (TPSA) is 72.8 Å². The van der Waals surface area contributed by atoms with Crippen LogP contribution in [0, 0.1) is 0 Å². The Hall–Kier alpha value is -0.477. The van der Waals surface area contributed by atoms with E-state index in [1.165, 1.54) is 7.11 Å². The van der Waals surface area contributed by atoms with Gasteiger partial charge in [0.1, 0.15) is 6.10 Å². The van der Waals surface area contributed by atoms with Gasteiger partial charge in [0, 0.05) is 39.4 Å². The fraction of sp³-hybridized carbons (Fsp3) is 0.778. The smallest absolute Gasteiger partial charge is 0.306 e. The molecular weight excluding hydrogens is 253 g/mol. The Labute approximate surface area is 102 Å². The summed E-state index contributed by atoms with van der Waals surface area (Å²) in [5, 5.41) is 8.32. The summed E-state index contributed by atoms with van der Waals surface area (Å²) < 4.78 is 9.69. The summed E-state index contributed by atoms with van der Waals surface area (Å²) in [6.45, 7) is 2.07. The van der Waals surface area contributed by atoms with Crippen LogP contribution >= 0.6 is 0 Å². The third kappa shape index (κ3) is 11.4. The van der Waals surface area contributed by atoms with Crippen LogP contribution in [0.1, 0.15) is 26.2 Å². The number of carbonyl (C=O) groups excluding carboxylic acids is 1. The van der Waals surface area contributed by atoms with Crippen LogP contribution in [-0.4, -0.2) is 36.9 Å². The fourth-order valence-corrected chi connectivity index (χ4v) is 0.936. The van der Waals surface area contributed by atoms with Crippen molar-refractivity contribution in [3.05, 3.63) is 0 Å². The largest absolute Gasteiger partial charge is 0.481 e. The van der Waals surface area contributed by atoms with Gasteiger partial charge < -0.3 is 14.6 Å². The maximum absolute atomic E-state index is 11.0. The van der Waals surface area contributed by atoms with Crippen molar-refractivity contribution in [3.63, 3.8) is 0 Å². The van der Waals surface area contributed by atoms with Gasteiger partial charge in [-0.1, -0.05) is 0 Å². The molecule has 0 saturated carbocycles. The molecule has 0 aromatic rings. The Bertz CT molecular complexity index is 195. The minimum atomic E-state index is -0.900. The second-order valence-electron chi connectivity index (χ2n) is 3.00. The zero-order valence-corrected chi connectivity index (χ0v) is 12.2. The number of esters is 1. The molecule has 1 atom stereocenters. The fourth-order valence-electron chi connectivity index (χ4n) is 0.936. The van der Waals surface area contributed by atoms with E-state index in [-0.39, 0.29) is 44.4 Å². The molecule has 0 aromatic carbocycles. The third-order valence-electron chi connectivity index (χ3n) is 1.51. The first kappa shape index (κ1) is 16.9. The van der Waals surface area contributed by atoms with Gasteiger partial charge >= 0.3 is 11.9 Å². The maximum Gasteiger partial charge on any atom is 0.306 e. The van der Waals surface area contributed by atoms with Gasteiger partial charge in [-0.3, -0.25) is 9.59 Å². The number of ether oxygens (including phenoxy) is 2. The summed E-state index contributed by atoms with van der Waals surface area (Å²) >= 11 is 0. The van der Waals surface area contributed by atoms with E-state index in [9.17, 15) is 9.59 Å². The van der Waals surface area contributed by atoms with Gasteiger partial charge in [0.15, 0.2) is 0 Å². The first-order valence-electron chi connectivity index (χ1n) is 4.46. The minimum Gasteiger partial charge on any atom is -0.481 e. The molecule has 84 valence electrons. The van der Waals surface area contributed by atoms with Crippen molar-refractivity contribution in [1.29, 1.82) is 0 Å². The molecule has 0 fully saturated rings. The molecule has 0 amide bonds. The van der Waals surface area contributed by atoms with Crippen molar-refractivity contribution >= 4 is 11.9 Å². The molecule has 15 heavy (non-hydrogen) atoms. The standard InChI is InChI=1S/C9H16O5.Zn/c1-7(6-13-2)14-9(12)5-3-4-8(10)11;/h7H,3-6H2,1-2H3,(H,10,11);. The molecule has 5 nitrogen and oxygen atoms in total. The number of aliphatic carboxylic acids is 1. The van der Waals surface area contributed by atoms with E-state index in [1.807, 2.05) is 0 Å². The van der Waals surface area contributed by atoms with E-state index in [0.29, 0.717) is 13.0 Å². The molecule has 0 aliphatic heterocycles. The Morgan fingerprint density at radius 2 is 1.93 bits per heavy atom. The van der Waals surface area contributed by atoms with E-state index < -0.39 is 5.97 Å². The number of methoxy groups -OCH3 is 1. The van der Waals surface area contributed by atoms with Gasteiger partial charge in [-0.2, -0.15) is 0 Å². The summed E-state index contributed by atoms with van der Waals surface area (Å²) in [6.07, 6.45) is 0.166. The molecule has 0 aliphatic rings. The van der Waals surface area contributed by atoms with Crippen LogP contribution < -0.4 is 0 Å². The summed E-state index contributed by atoms with van der Waals surface area (Å²) in [5.41, 5.74) is 0. The molecule has 0 aromatic heterocycles. The monoisotopic (exact) mass is 268 g/mol. The Morgan fingerprint density at radius 3 is 2.40 bits per heavy atom. The minimum absolute atomic E-state index is 0. The van der Waals surface area contributed by atoms with Gasteiger partial charge in [-0.05, 0) is 13.3 Å². The number of rotatable bonds is 7.